The molecule has 1 atom stereocenters. The van der Waals surface area contributed by atoms with Crippen LogP contribution in [0.1, 0.15) is 11.1 Å². The first-order valence-electron chi connectivity index (χ1n) is 9.47. The molecule has 0 aromatic heterocycles. The van der Waals surface area contributed by atoms with Gasteiger partial charge in [-0.2, -0.15) is 0 Å². The highest BCUT2D eigenvalue weighted by atomic mass is 35.5. The summed E-state index contributed by atoms with van der Waals surface area (Å²) < 4.78 is 14.0. The van der Waals surface area contributed by atoms with Crippen molar-refractivity contribution in [1.82, 2.24) is 0 Å². The Kier molecular flexibility index (Phi) is 5.25. The SMILES string of the molecule is CNc1cc(F)ccc1C1(C=O)C(c2ccccc2)=C(O)C(=O)N1c1cccc(Cl)c1. The van der Waals surface area contributed by atoms with E-state index in [1.165, 1.54) is 29.2 Å². The molecule has 0 bridgehead atoms. The van der Waals surface area contributed by atoms with Gasteiger partial charge in [-0.25, -0.2) is 4.39 Å². The zero-order chi connectivity index (χ0) is 22.2. The first-order chi connectivity index (χ1) is 14.9. The molecule has 3 aromatic rings. The summed E-state index contributed by atoms with van der Waals surface area (Å²) in [5, 5.41) is 14.2. The molecule has 0 saturated carbocycles. The number of aldehydes is 1. The van der Waals surface area contributed by atoms with Gasteiger partial charge >= 0.3 is 0 Å². The van der Waals surface area contributed by atoms with Gasteiger partial charge in [-0.1, -0.05) is 54.1 Å². The van der Waals surface area contributed by atoms with Crippen LogP contribution >= 0.6 is 11.6 Å². The van der Waals surface area contributed by atoms with Crippen LogP contribution in [0.2, 0.25) is 5.02 Å². The van der Waals surface area contributed by atoms with E-state index >= 15 is 0 Å². The monoisotopic (exact) mass is 436 g/mol. The standard InChI is InChI=1S/C24H18ClFN2O3/c1-27-20-13-17(26)10-11-19(20)24(14-29)21(15-6-3-2-4-7-15)22(30)23(31)28(24)18-9-5-8-16(25)12-18/h2-14,27,30H,1H3. The average Bonchev–Trinajstić information content (AvgIpc) is 3.01. The van der Waals surface area contributed by atoms with Crippen molar-refractivity contribution in [1.29, 1.82) is 0 Å². The summed E-state index contributed by atoms with van der Waals surface area (Å²) >= 11 is 6.16. The number of amides is 1. The van der Waals surface area contributed by atoms with E-state index in [0.29, 0.717) is 33.8 Å². The lowest BCUT2D eigenvalue weighted by Crippen LogP contribution is -2.47. The second-order valence-electron chi connectivity index (χ2n) is 7.03. The number of rotatable bonds is 5. The Bertz CT molecular complexity index is 1210. The van der Waals surface area contributed by atoms with Crippen LogP contribution in [-0.2, 0) is 15.1 Å². The maximum absolute atomic E-state index is 14.0. The maximum Gasteiger partial charge on any atom is 0.294 e. The van der Waals surface area contributed by atoms with Gasteiger partial charge in [-0.3, -0.25) is 14.5 Å². The molecule has 1 aliphatic rings. The molecule has 0 fully saturated rings. The van der Waals surface area contributed by atoms with Gasteiger partial charge in [0.15, 0.2) is 17.6 Å². The highest BCUT2D eigenvalue weighted by molar-refractivity contribution is 6.31. The fraction of sp³-hybridized carbons (Fsp3) is 0.0833. The third kappa shape index (κ3) is 3.16. The van der Waals surface area contributed by atoms with Crippen molar-refractivity contribution in [2.75, 3.05) is 17.3 Å². The van der Waals surface area contributed by atoms with Crippen molar-refractivity contribution in [2.45, 2.75) is 5.54 Å². The van der Waals surface area contributed by atoms with E-state index in [2.05, 4.69) is 5.32 Å². The van der Waals surface area contributed by atoms with E-state index in [9.17, 15) is 19.1 Å². The molecule has 1 aliphatic heterocycles. The lowest BCUT2D eigenvalue weighted by Gasteiger charge is -2.37. The number of hydrogen-bond acceptors (Lipinski definition) is 4. The quantitative estimate of drug-likeness (QED) is 0.556. The number of carbonyl (C=O) groups is 2. The van der Waals surface area contributed by atoms with Crippen LogP contribution in [-0.4, -0.2) is 24.3 Å². The first kappa shape index (κ1) is 20.6. The van der Waals surface area contributed by atoms with E-state index in [0.717, 1.165) is 0 Å². The van der Waals surface area contributed by atoms with Gasteiger partial charge < -0.3 is 10.4 Å². The zero-order valence-corrected chi connectivity index (χ0v) is 17.2. The molecule has 156 valence electrons. The summed E-state index contributed by atoms with van der Waals surface area (Å²) in [6.07, 6.45) is 0.589. The molecular formula is C24H18ClFN2O3. The molecule has 4 rings (SSSR count). The largest absolute Gasteiger partial charge is 0.503 e. The number of anilines is 2. The van der Waals surface area contributed by atoms with Gasteiger partial charge in [0.05, 0.1) is 0 Å². The van der Waals surface area contributed by atoms with E-state index < -0.39 is 23.0 Å². The summed E-state index contributed by atoms with van der Waals surface area (Å²) in [5.74, 6) is -1.84. The lowest BCUT2D eigenvalue weighted by molar-refractivity contribution is -0.119. The van der Waals surface area contributed by atoms with Gasteiger partial charge in [0.1, 0.15) is 5.82 Å². The van der Waals surface area contributed by atoms with Crippen LogP contribution in [0.25, 0.3) is 5.57 Å². The number of nitrogens with zero attached hydrogens (tertiary/aromatic N) is 1. The number of halogens is 2. The number of aliphatic hydroxyl groups is 1. The topological polar surface area (TPSA) is 69.6 Å². The van der Waals surface area contributed by atoms with E-state index in [4.69, 9.17) is 11.6 Å². The van der Waals surface area contributed by atoms with Crippen LogP contribution in [0.3, 0.4) is 0 Å². The highest BCUT2D eigenvalue weighted by Crippen LogP contribution is 2.51. The Labute approximate surface area is 183 Å². The molecule has 0 aliphatic carbocycles. The number of nitrogens with one attached hydrogen (secondary N) is 1. The van der Waals surface area contributed by atoms with Crippen LogP contribution in [0.5, 0.6) is 0 Å². The molecule has 1 unspecified atom stereocenters. The Balaban J connectivity index is 2.11. The van der Waals surface area contributed by atoms with Gasteiger partial charge in [-0.05, 0) is 35.9 Å². The van der Waals surface area contributed by atoms with Crippen molar-refractivity contribution in [3.63, 3.8) is 0 Å². The van der Waals surface area contributed by atoms with Crippen LogP contribution < -0.4 is 10.2 Å². The number of aliphatic hydroxyl groups excluding tert-OH is 1. The van der Waals surface area contributed by atoms with E-state index in [1.807, 2.05) is 0 Å². The van der Waals surface area contributed by atoms with Crippen LogP contribution in [0.15, 0.2) is 78.6 Å². The van der Waals surface area contributed by atoms with E-state index in [-0.39, 0.29) is 5.57 Å². The van der Waals surface area contributed by atoms with Crippen LogP contribution in [0, 0.1) is 5.82 Å². The summed E-state index contributed by atoms with van der Waals surface area (Å²) in [6, 6.07) is 18.9. The van der Waals surface area contributed by atoms with Crippen molar-refractivity contribution in [2.24, 2.45) is 0 Å². The molecule has 0 saturated heterocycles. The molecule has 0 spiro atoms. The second kappa shape index (κ2) is 7.89. The number of carbonyl (C=O) groups excluding carboxylic acids is 2. The Hall–Kier alpha value is -3.64. The van der Waals surface area contributed by atoms with Gasteiger partial charge in [0, 0.05) is 34.6 Å². The summed E-state index contributed by atoms with van der Waals surface area (Å²) in [6.45, 7) is 0. The molecule has 0 radical (unpaired) electrons. The summed E-state index contributed by atoms with van der Waals surface area (Å²) in [4.78, 5) is 27.5. The van der Waals surface area contributed by atoms with E-state index in [1.54, 1.807) is 55.6 Å². The molecule has 1 heterocycles. The van der Waals surface area contributed by atoms with Gasteiger partial charge in [0.2, 0.25) is 0 Å². The molecule has 7 heteroatoms. The number of benzene rings is 3. The Morgan fingerprint density at radius 2 is 1.81 bits per heavy atom. The normalized spacial score (nSPS) is 18.4. The molecular weight excluding hydrogens is 419 g/mol. The molecule has 1 amide bonds. The zero-order valence-electron chi connectivity index (χ0n) is 16.5. The summed E-state index contributed by atoms with van der Waals surface area (Å²) in [7, 11) is 1.59. The average molecular weight is 437 g/mol. The van der Waals surface area contributed by atoms with Crippen molar-refractivity contribution < 1.29 is 19.1 Å². The third-order valence-corrected chi connectivity index (χ3v) is 5.57. The first-order valence-corrected chi connectivity index (χ1v) is 9.85. The molecule has 3 aromatic carbocycles. The second-order valence-corrected chi connectivity index (χ2v) is 7.47. The number of hydrogen-bond donors (Lipinski definition) is 2. The Morgan fingerprint density at radius 1 is 1.06 bits per heavy atom. The molecule has 5 nitrogen and oxygen atoms in total. The Morgan fingerprint density at radius 3 is 2.45 bits per heavy atom. The lowest BCUT2D eigenvalue weighted by atomic mass is 9.79. The van der Waals surface area contributed by atoms with Gasteiger partial charge in [0.25, 0.3) is 5.91 Å². The van der Waals surface area contributed by atoms with Crippen molar-refractivity contribution >= 4 is 40.7 Å². The molecule has 2 N–H and O–H groups in total. The predicted molar refractivity (Wildman–Crippen MR) is 119 cm³/mol. The van der Waals surface area contributed by atoms with Crippen molar-refractivity contribution in [3.8, 4) is 0 Å². The fourth-order valence-corrected chi connectivity index (χ4v) is 4.23. The highest BCUT2D eigenvalue weighted by Gasteiger charge is 2.55. The fourth-order valence-electron chi connectivity index (χ4n) is 4.05. The third-order valence-electron chi connectivity index (χ3n) is 5.34. The smallest absolute Gasteiger partial charge is 0.294 e. The minimum Gasteiger partial charge on any atom is -0.503 e. The molecule has 31 heavy (non-hydrogen) atoms. The minimum atomic E-state index is -1.76. The van der Waals surface area contributed by atoms with Crippen molar-refractivity contribution in [3.05, 3.63) is 101 Å². The maximum atomic E-state index is 14.0. The minimum absolute atomic E-state index is 0.108. The van der Waals surface area contributed by atoms with Crippen LogP contribution in [0.4, 0.5) is 15.8 Å². The predicted octanol–water partition coefficient (Wildman–Crippen LogP) is 4.93. The summed E-state index contributed by atoms with van der Waals surface area (Å²) in [5.41, 5.74) is -0.252. The van der Waals surface area contributed by atoms with Gasteiger partial charge in [-0.15, -0.1) is 0 Å².